The molecule has 0 aliphatic carbocycles. The largest absolute Gasteiger partial charge is 0.350 e. The average Bonchev–Trinajstić information content (AvgIpc) is 3.08. The van der Waals surface area contributed by atoms with E-state index in [1.165, 1.54) is 43.9 Å². The molecule has 1 aliphatic rings. The van der Waals surface area contributed by atoms with Crippen LogP contribution >= 0.6 is 0 Å². The van der Waals surface area contributed by atoms with Crippen LogP contribution in [0, 0.1) is 5.82 Å². The predicted octanol–water partition coefficient (Wildman–Crippen LogP) is 2.43. The van der Waals surface area contributed by atoms with E-state index in [0.717, 1.165) is 11.1 Å². The number of fused-ring (bicyclic) bond motifs is 2. The summed E-state index contributed by atoms with van der Waals surface area (Å²) in [6.07, 6.45) is 1.95. The second kappa shape index (κ2) is 7.44. The number of halogens is 1. The second-order valence-corrected chi connectivity index (χ2v) is 9.46. The molecular formula is C22H19FN4O3S. The van der Waals surface area contributed by atoms with Gasteiger partial charge in [0.05, 0.1) is 11.4 Å². The van der Waals surface area contributed by atoms with Crippen LogP contribution < -0.4 is 5.69 Å². The monoisotopic (exact) mass is 438 g/mol. The van der Waals surface area contributed by atoms with E-state index in [9.17, 15) is 17.6 Å². The molecule has 4 aromatic rings. The molecule has 0 unspecified atom stereocenters. The third-order valence-corrected chi connectivity index (χ3v) is 7.33. The van der Waals surface area contributed by atoms with Gasteiger partial charge in [-0.2, -0.15) is 4.31 Å². The van der Waals surface area contributed by atoms with E-state index in [-0.39, 0.29) is 11.4 Å². The van der Waals surface area contributed by atoms with Crippen LogP contribution in [0.25, 0.3) is 5.65 Å². The number of hydrogen-bond acceptors (Lipinski definition) is 4. The molecule has 0 N–H and O–H groups in total. The normalized spacial score (nSPS) is 14.6. The Balaban J connectivity index is 1.48. The maximum atomic E-state index is 13.4. The third kappa shape index (κ3) is 3.55. The lowest BCUT2D eigenvalue weighted by Crippen LogP contribution is -2.36. The van der Waals surface area contributed by atoms with Gasteiger partial charge in [-0.05, 0) is 47.4 Å². The first kappa shape index (κ1) is 19.7. The van der Waals surface area contributed by atoms with Gasteiger partial charge >= 0.3 is 5.69 Å². The Morgan fingerprint density at radius 3 is 2.61 bits per heavy atom. The molecule has 0 fully saturated rings. The standard InChI is InChI=1S/C22H19FN4O3S/c23-19-7-3-4-16(12-19)13-27-22(28)26-15-20(8-9-21(26)24-27)31(29,30)25-11-10-17-5-1-2-6-18(17)14-25/h1-9,12,15H,10-11,13-14H2. The van der Waals surface area contributed by atoms with Crippen molar-refractivity contribution in [3.05, 3.63) is 99.9 Å². The van der Waals surface area contributed by atoms with Gasteiger partial charge in [0.25, 0.3) is 0 Å². The summed E-state index contributed by atoms with van der Waals surface area (Å²) < 4.78 is 43.7. The Morgan fingerprint density at radius 2 is 1.81 bits per heavy atom. The molecule has 0 spiro atoms. The summed E-state index contributed by atoms with van der Waals surface area (Å²) in [4.78, 5) is 12.8. The summed E-state index contributed by atoms with van der Waals surface area (Å²) in [5, 5.41) is 4.24. The fourth-order valence-electron chi connectivity index (χ4n) is 3.89. The van der Waals surface area contributed by atoms with E-state index in [2.05, 4.69) is 5.10 Å². The number of hydrogen-bond donors (Lipinski definition) is 0. The third-order valence-electron chi connectivity index (χ3n) is 5.50. The fourth-order valence-corrected chi connectivity index (χ4v) is 5.30. The van der Waals surface area contributed by atoms with Gasteiger partial charge < -0.3 is 0 Å². The zero-order valence-corrected chi connectivity index (χ0v) is 17.3. The smallest absolute Gasteiger partial charge is 0.249 e. The lowest BCUT2D eigenvalue weighted by molar-refractivity contribution is 0.391. The molecule has 0 saturated carbocycles. The summed E-state index contributed by atoms with van der Waals surface area (Å²) in [6.45, 7) is 0.763. The molecule has 1 aliphatic heterocycles. The first-order valence-corrected chi connectivity index (χ1v) is 11.3. The minimum absolute atomic E-state index is 0.0341. The van der Waals surface area contributed by atoms with E-state index in [0.29, 0.717) is 30.7 Å². The number of nitrogens with zero attached hydrogens (tertiary/aromatic N) is 4. The SMILES string of the molecule is O=c1n(Cc2cccc(F)c2)nc2ccc(S(=O)(=O)N3CCc4ccccc4C3)cn12. The van der Waals surface area contributed by atoms with Crippen molar-refractivity contribution >= 4 is 15.7 Å². The van der Waals surface area contributed by atoms with Crippen LogP contribution in [0.3, 0.4) is 0 Å². The van der Waals surface area contributed by atoms with E-state index < -0.39 is 21.5 Å². The molecule has 9 heteroatoms. The molecular weight excluding hydrogens is 419 g/mol. The Kier molecular flexibility index (Phi) is 4.71. The minimum Gasteiger partial charge on any atom is -0.249 e. The summed E-state index contributed by atoms with van der Waals surface area (Å²) in [5.74, 6) is -0.397. The molecule has 0 saturated heterocycles. The van der Waals surface area contributed by atoms with E-state index >= 15 is 0 Å². The van der Waals surface area contributed by atoms with Crippen molar-refractivity contribution < 1.29 is 12.8 Å². The van der Waals surface area contributed by atoms with Gasteiger partial charge in [-0.15, -0.1) is 5.10 Å². The Bertz CT molecular complexity index is 1460. The van der Waals surface area contributed by atoms with Crippen molar-refractivity contribution in [3.63, 3.8) is 0 Å². The van der Waals surface area contributed by atoms with Crippen molar-refractivity contribution in [2.45, 2.75) is 24.4 Å². The van der Waals surface area contributed by atoms with Crippen LogP contribution in [0.2, 0.25) is 0 Å². The molecule has 5 rings (SSSR count). The molecule has 31 heavy (non-hydrogen) atoms. The van der Waals surface area contributed by atoms with Crippen LogP contribution in [0.4, 0.5) is 4.39 Å². The summed E-state index contributed by atoms with van der Waals surface area (Å²) in [6, 6.07) is 16.7. The van der Waals surface area contributed by atoms with Crippen molar-refractivity contribution in [3.8, 4) is 0 Å². The molecule has 158 valence electrons. The zero-order chi connectivity index (χ0) is 21.6. The van der Waals surface area contributed by atoms with Crippen LogP contribution in [0.1, 0.15) is 16.7 Å². The van der Waals surface area contributed by atoms with Crippen molar-refractivity contribution in [2.75, 3.05) is 6.54 Å². The van der Waals surface area contributed by atoms with Gasteiger partial charge in [-0.25, -0.2) is 26.7 Å². The van der Waals surface area contributed by atoms with Gasteiger partial charge in [0.2, 0.25) is 10.0 Å². The van der Waals surface area contributed by atoms with Crippen LogP contribution in [0.15, 0.2) is 76.6 Å². The highest BCUT2D eigenvalue weighted by molar-refractivity contribution is 7.89. The number of rotatable bonds is 4. The average molecular weight is 438 g/mol. The number of aromatic nitrogens is 3. The number of benzene rings is 2. The molecule has 0 radical (unpaired) electrons. The van der Waals surface area contributed by atoms with Crippen molar-refractivity contribution in [1.82, 2.24) is 18.5 Å². The predicted molar refractivity (Wildman–Crippen MR) is 113 cm³/mol. The molecule has 2 aromatic carbocycles. The zero-order valence-electron chi connectivity index (χ0n) is 16.5. The second-order valence-electron chi connectivity index (χ2n) is 7.52. The highest BCUT2D eigenvalue weighted by Gasteiger charge is 2.29. The van der Waals surface area contributed by atoms with Gasteiger partial charge in [-0.1, -0.05) is 36.4 Å². The number of pyridine rings is 1. The first-order valence-electron chi connectivity index (χ1n) is 9.82. The van der Waals surface area contributed by atoms with Crippen LogP contribution in [-0.2, 0) is 29.5 Å². The van der Waals surface area contributed by atoms with Crippen LogP contribution in [-0.4, -0.2) is 33.4 Å². The molecule has 3 heterocycles. The molecule has 7 nitrogen and oxygen atoms in total. The summed E-state index contributed by atoms with van der Waals surface area (Å²) in [7, 11) is -3.78. The van der Waals surface area contributed by atoms with Crippen molar-refractivity contribution in [1.29, 1.82) is 0 Å². The number of sulfonamides is 1. The lowest BCUT2D eigenvalue weighted by atomic mass is 10.0. The Labute approximate surface area is 178 Å². The van der Waals surface area contributed by atoms with E-state index in [1.54, 1.807) is 12.1 Å². The lowest BCUT2D eigenvalue weighted by Gasteiger charge is -2.28. The van der Waals surface area contributed by atoms with Gasteiger partial charge in [-0.3, -0.25) is 0 Å². The molecule has 0 bridgehead atoms. The van der Waals surface area contributed by atoms with Crippen LogP contribution in [0.5, 0.6) is 0 Å². The highest BCUT2D eigenvalue weighted by atomic mass is 32.2. The highest BCUT2D eigenvalue weighted by Crippen LogP contribution is 2.24. The topological polar surface area (TPSA) is 76.7 Å². The van der Waals surface area contributed by atoms with Gasteiger partial charge in [0.15, 0.2) is 5.65 Å². The first-order chi connectivity index (χ1) is 14.9. The minimum atomic E-state index is -3.78. The summed E-state index contributed by atoms with van der Waals surface area (Å²) >= 11 is 0. The molecule has 0 amide bonds. The fraction of sp³-hybridized carbons (Fsp3) is 0.182. The summed E-state index contributed by atoms with van der Waals surface area (Å²) in [5.41, 5.74) is 2.56. The Hall–Kier alpha value is -3.30. The van der Waals surface area contributed by atoms with E-state index in [1.807, 2.05) is 24.3 Å². The van der Waals surface area contributed by atoms with Crippen molar-refractivity contribution in [2.24, 2.45) is 0 Å². The quantitative estimate of drug-likeness (QED) is 0.490. The molecule has 0 atom stereocenters. The van der Waals surface area contributed by atoms with Gasteiger partial charge in [0.1, 0.15) is 5.82 Å². The maximum absolute atomic E-state index is 13.4. The van der Waals surface area contributed by atoms with E-state index in [4.69, 9.17) is 0 Å². The molecule has 2 aromatic heterocycles. The Morgan fingerprint density at radius 1 is 1.00 bits per heavy atom. The van der Waals surface area contributed by atoms with Gasteiger partial charge in [0, 0.05) is 19.3 Å². The maximum Gasteiger partial charge on any atom is 0.350 e.